The third-order valence-corrected chi connectivity index (χ3v) is 2.28. The van der Waals surface area contributed by atoms with Gasteiger partial charge in [0.25, 0.3) is 5.56 Å². The molecule has 13 heavy (non-hydrogen) atoms. The zero-order valence-electron chi connectivity index (χ0n) is 6.50. The lowest BCUT2D eigenvalue weighted by Crippen LogP contribution is -2.69. The first kappa shape index (κ1) is 10.0. The highest BCUT2D eigenvalue weighted by molar-refractivity contribution is 9.10. The molecule has 4 N–H and O–H groups in total. The van der Waals surface area contributed by atoms with Crippen LogP contribution in [0.5, 0.6) is 0 Å². The first-order valence-corrected chi connectivity index (χ1v) is 4.21. The first-order valence-electron chi connectivity index (χ1n) is 3.42. The van der Waals surface area contributed by atoms with Crippen molar-refractivity contribution in [3.05, 3.63) is 20.6 Å². The zero-order chi connectivity index (χ0) is 10.0. The van der Waals surface area contributed by atoms with E-state index < -0.39 is 17.6 Å². The summed E-state index contributed by atoms with van der Waals surface area (Å²) in [5.74, 6) is -1.05. The lowest BCUT2D eigenvalue weighted by Gasteiger charge is -2.05. The standard InChI is InChI=1S/C6H7BrN2O4/c7-4-3(13-9-5(4)10)1-2(8)6(11)12/h2H,1,8H2,(H,9,10)(H,11,12)/t2-/m1/s1. The van der Waals surface area contributed by atoms with E-state index in [0.717, 1.165) is 0 Å². The molecule has 1 rings (SSSR count). The summed E-state index contributed by atoms with van der Waals surface area (Å²) in [6, 6.07) is -0.935. The maximum atomic E-state index is 10.8. The predicted octanol–water partition coefficient (Wildman–Crippen LogP) is -2.37. The monoisotopic (exact) mass is 250 g/mol. The SMILES string of the molecule is [NH3+][C@H](Cc1o[nH]c(=O)c1Br)C(=O)[O-]. The lowest BCUT2D eigenvalue weighted by atomic mass is 10.2. The molecule has 0 amide bonds. The summed E-state index contributed by atoms with van der Waals surface area (Å²) in [5.41, 5.74) is 2.89. The molecule has 0 fully saturated rings. The van der Waals surface area contributed by atoms with Gasteiger partial charge in [0.1, 0.15) is 10.5 Å². The minimum absolute atomic E-state index is 0.0155. The molecule has 0 aliphatic carbocycles. The van der Waals surface area contributed by atoms with Gasteiger partial charge in [-0.2, -0.15) is 5.16 Å². The van der Waals surface area contributed by atoms with Gasteiger partial charge < -0.3 is 20.2 Å². The molecular weight excluding hydrogens is 244 g/mol. The fourth-order valence-corrected chi connectivity index (χ4v) is 1.09. The molecule has 1 heterocycles. The molecule has 0 radical (unpaired) electrons. The summed E-state index contributed by atoms with van der Waals surface area (Å²) in [7, 11) is 0. The maximum Gasteiger partial charge on any atom is 0.294 e. The van der Waals surface area contributed by atoms with Crippen molar-refractivity contribution in [3.8, 4) is 0 Å². The number of carboxylic acids is 1. The van der Waals surface area contributed by atoms with Crippen LogP contribution in [0.25, 0.3) is 0 Å². The highest BCUT2D eigenvalue weighted by atomic mass is 79.9. The van der Waals surface area contributed by atoms with E-state index in [2.05, 4.69) is 26.8 Å². The predicted molar refractivity (Wildman–Crippen MR) is 42.4 cm³/mol. The number of carboxylic acid groups (broad SMARTS) is 1. The third kappa shape index (κ3) is 2.19. The van der Waals surface area contributed by atoms with Crippen molar-refractivity contribution >= 4 is 21.9 Å². The second-order valence-electron chi connectivity index (χ2n) is 2.49. The molecule has 0 saturated carbocycles. The number of nitrogens with one attached hydrogen (secondary N) is 1. The second kappa shape index (κ2) is 3.75. The largest absolute Gasteiger partial charge is 0.544 e. The number of aromatic amines is 1. The molecule has 1 aromatic rings. The molecule has 6 nitrogen and oxygen atoms in total. The van der Waals surface area contributed by atoms with Crippen molar-refractivity contribution in [1.82, 2.24) is 5.16 Å². The number of hydrogen-bond acceptors (Lipinski definition) is 4. The number of quaternary nitrogens is 1. The number of aliphatic carboxylic acids is 1. The van der Waals surface area contributed by atoms with Crippen molar-refractivity contribution in [2.75, 3.05) is 0 Å². The van der Waals surface area contributed by atoms with Crippen LogP contribution in [0.2, 0.25) is 0 Å². The summed E-state index contributed by atoms with van der Waals surface area (Å²) in [6.45, 7) is 0. The summed E-state index contributed by atoms with van der Waals surface area (Å²) in [6.07, 6.45) is 0.0155. The number of rotatable bonds is 3. The van der Waals surface area contributed by atoms with E-state index in [4.69, 9.17) is 4.52 Å². The number of carbonyl (C=O) groups excluding carboxylic acids is 1. The van der Waals surface area contributed by atoms with Crippen molar-refractivity contribution in [2.24, 2.45) is 0 Å². The minimum Gasteiger partial charge on any atom is -0.544 e. The van der Waals surface area contributed by atoms with Crippen LogP contribution in [0.15, 0.2) is 13.8 Å². The normalized spacial score (nSPS) is 12.8. The maximum absolute atomic E-state index is 10.8. The molecule has 0 unspecified atom stereocenters. The Hall–Kier alpha value is -1.08. The third-order valence-electron chi connectivity index (χ3n) is 1.48. The van der Waals surface area contributed by atoms with E-state index in [1.54, 1.807) is 0 Å². The van der Waals surface area contributed by atoms with Crippen LogP contribution in [0.4, 0.5) is 0 Å². The Bertz CT molecular complexity index is 369. The van der Waals surface area contributed by atoms with E-state index in [0.29, 0.717) is 0 Å². The summed E-state index contributed by atoms with van der Waals surface area (Å²) >= 11 is 2.95. The van der Waals surface area contributed by atoms with Gasteiger partial charge >= 0.3 is 0 Å². The summed E-state index contributed by atoms with van der Waals surface area (Å²) < 4.78 is 4.90. The van der Waals surface area contributed by atoms with Crippen LogP contribution < -0.4 is 16.4 Å². The van der Waals surface area contributed by atoms with Gasteiger partial charge in [-0.25, -0.2) is 0 Å². The van der Waals surface area contributed by atoms with Gasteiger partial charge in [0.2, 0.25) is 0 Å². The lowest BCUT2D eigenvalue weighted by molar-refractivity contribution is -0.437. The van der Waals surface area contributed by atoms with E-state index in [1.165, 1.54) is 0 Å². The Morgan fingerprint density at radius 1 is 1.77 bits per heavy atom. The highest BCUT2D eigenvalue weighted by Gasteiger charge is 2.16. The van der Waals surface area contributed by atoms with Crippen molar-refractivity contribution < 1.29 is 20.2 Å². The number of aromatic nitrogens is 1. The topological polar surface area (TPSA) is 114 Å². The highest BCUT2D eigenvalue weighted by Crippen LogP contribution is 2.11. The molecule has 0 saturated heterocycles. The van der Waals surface area contributed by atoms with Gasteiger partial charge in [-0.05, 0) is 15.9 Å². The van der Waals surface area contributed by atoms with Crippen LogP contribution >= 0.6 is 15.9 Å². The molecule has 0 aliphatic rings. The number of H-pyrrole nitrogens is 1. The van der Waals surface area contributed by atoms with E-state index in [9.17, 15) is 14.7 Å². The first-order chi connectivity index (χ1) is 6.02. The Morgan fingerprint density at radius 3 is 2.77 bits per heavy atom. The molecule has 1 atom stereocenters. The second-order valence-corrected chi connectivity index (χ2v) is 3.28. The fraction of sp³-hybridized carbons (Fsp3) is 0.333. The van der Waals surface area contributed by atoms with Crippen molar-refractivity contribution in [3.63, 3.8) is 0 Å². The molecule has 0 aliphatic heterocycles. The molecule has 0 aromatic carbocycles. The Kier molecular flexibility index (Phi) is 2.89. The van der Waals surface area contributed by atoms with Gasteiger partial charge in [0.05, 0.1) is 12.4 Å². The summed E-state index contributed by atoms with van der Waals surface area (Å²) in [5, 5.41) is 12.4. The van der Waals surface area contributed by atoms with Gasteiger partial charge in [0.15, 0.2) is 5.76 Å². The van der Waals surface area contributed by atoms with Crippen LogP contribution in [-0.4, -0.2) is 17.2 Å². The van der Waals surface area contributed by atoms with Crippen LogP contribution in [0.3, 0.4) is 0 Å². The average molecular weight is 251 g/mol. The van der Waals surface area contributed by atoms with E-state index >= 15 is 0 Å². The van der Waals surface area contributed by atoms with Crippen molar-refractivity contribution in [1.29, 1.82) is 0 Å². The Labute approximate surface area is 80.8 Å². The van der Waals surface area contributed by atoms with E-state index in [1.807, 2.05) is 0 Å². The zero-order valence-corrected chi connectivity index (χ0v) is 8.09. The Morgan fingerprint density at radius 2 is 2.38 bits per heavy atom. The number of carbonyl (C=O) groups is 1. The van der Waals surface area contributed by atoms with Gasteiger partial charge in [-0.1, -0.05) is 0 Å². The minimum atomic E-state index is -1.28. The molecule has 0 spiro atoms. The summed E-state index contributed by atoms with van der Waals surface area (Å²) in [4.78, 5) is 21.1. The van der Waals surface area contributed by atoms with Gasteiger partial charge in [0, 0.05) is 0 Å². The Balaban J connectivity index is 2.80. The number of hydrogen-bond donors (Lipinski definition) is 2. The molecule has 0 bridgehead atoms. The van der Waals surface area contributed by atoms with Crippen LogP contribution in [-0.2, 0) is 11.2 Å². The average Bonchev–Trinajstić information content (AvgIpc) is 2.36. The van der Waals surface area contributed by atoms with E-state index in [-0.39, 0.29) is 16.7 Å². The fourth-order valence-electron chi connectivity index (χ4n) is 0.763. The van der Waals surface area contributed by atoms with Crippen LogP contribution in [0, 0.1) is 0 Å². The van der Waals surface area contributed by atoms with Crippen molar-refractivity contribution in [2.45, 2.75) is 12.5 Å². The molecule has 72 valence electrons. The van der Waals surface area contributed by atoms with Crippen LogP contribution in [0.1, 0.15) is 5.76 Å². The molecular formula is C6H7BrN2O4. The molecule has 1 aromatic heterocycles. The van der Waals surface area contributed by atoms with Gasteiger partial charge in [-0.15, -0.1) is 0 Å². The quantitative estimate of drug-likeness (QED) is 0.625. The molecule has 7 heteroatoms. The smallest absolute Gasteiger partial charge is 0.294 e. The number of halogens is 1. The van der Waals surface area contributed by atoms with Gasteiger partial charge in [-0.3, -0.25) is 4.79 Å².